The molecular formula is C7H13N2Ru. The fraction of sp³-hybridized carbons (Fsp3) is 0.571. The molecule has 1 heterocycles. The van der Waals surface area contributed by atoms with E-state index in [0.717, 1.165) is 11.4 Å². The van der Waals surface area contributed by atoms with Gasteiger partial charge in [-0.2, -0.15) is 0 Å². The summed E-state index contributed by atoms with van der Waals surface area (Å²) in [6, 6.07) is 1.94. The summed E-state index contributed by atoms with van der Waals surface area (Å²) >= 11 is 0. The van der Waals surface area contributed by atoms with Crippen molar-refractivity contribution < 1.29 is 19.5 Å². The summed E-state index contributed by atoms with van der Waals surface area (Å²) < 4.78 is 0. The van der Waals surface area contributed by atoms with Crippen LogP contribution in [0.15, 0.2) is 6.07 Å². The van der Waals surface area contributed by atoms with Crippen molar-refractivity contribution in [2.24, 2.45) is 0 Å². The summed E-state index contributed by atoms with van der Waals surface area (Å²) in [5, 5.41) is 7.53. The second-order valence-corrected chi connectivity index (χ2v) is 1.63. The van der Waals surface area contributed by atoms with Crippen molar-refractivity contribution in [1.82, 2.24) is 10.2 Å². The van der Waals surface area contributed by atoms with Gasteiger partial charge >= 0.3 is 19.5 Å². The molecule has 0 aliphatic carbocycles. The Balaban J connectivity index is 0. The Morgan fingerprint density at radius 3 is 1.90 bits per heavy atom. The summed E-state index contributed by atoms with van der Waals surface area (Å²) in [6.45, 7) is 7.86. The van der Waals surface area contributed by atoms with Crippen molar-refractivity contribution in [3.8, 4) is 0 Å². The molecule has 3 heteroatoms. The molecule has 0 amide bonds. The number of hydrogen-bond donors (Lipinski definition) is 0. The number of aryl methyl sites for hydroxylation is 2. The molecule has 0 aromatic carbocycles. The normalized spacial score (nSPS) is 7.20. The summed E-state index contributed by atoms with van der Waals surface area (Å²) in [5.41, 5.74) is 2.00. The Bertz CT molecular complexity index is 144. The largest absolute Gasteiger partial charge is 1.00 e. The van der Waals surface area contributed by atoms with E-state index in [2.05, 4.69) is 10.2 Å². The Hall–Kier alpha value is -0.167. The molecule has 0 atom stereocenters. The van der Waals surface area contributed by atoms with Gasteiger partial charge in [-0.15, -0.1) is 5.69 Å². The van der Waals surface area contributed by atoms with Gasteiger partial charge in [0.1, 0.15) is 0 Å². The van der Waals surface area contributed by atoms with Gasteiger partial charge in [0.2, 0.25) is 0 Å². The topological polar surface area (TPSA) is 27.0 Å². The number of nitrogens with zero attached hydrogens (tertiary/aromatic N) is 2. The van der Waals surface area contributed by atoms with Crippen molar-refractivity contribution in [2.45, 2.75) is 27.7 Å². The third kappa shape index (κ3) is 4.69. The van der Waals surface area contributed by atoms with Gasteiger partial charge in [-0.3, -0.25) is 0 Å². The molecule has 0 bridgehead atoms. The summed E-state index contributed by atoms with van der Waals surface area (Å²) in [7, 11) is 0. The van der Waals surface area contributed by atoms with E-state index in [1.54, 1.807) is 0 Å². The van der Waals surface area contributed by atoms with Crippen LogP contribution in [0.5, 0.6) is 0 Å². The Kier molecular flexibility index (Phi) is 8.69. The molecule has 1 radical (unpaired) electrons. The first-order valence-corrected chi connectivity index (χ1v) is 3.22. The summed E-state index contributed by atoms with van der Waals surface area (Å²) in [6.07, 6.45) is 0. The quantitative estimate of drug-likeness (QED) is 0.629. The van der Waals surface area contributed by atoms with Crippen LogP contribution in [-0.4, -0.2) is 5.10 Å². The maximum absolute atomic E-state index is 3.77. The maximum Gasteiger partial charge on any atom is 1.00 e. The van der Waals surface area contributed by atoms with E-state index in [4.69, 9.17) is 0 Å². The molecule has 0 aliphatic rings. The predicted molar refractivity (Wildman–Crippen MR) is 38.4 cm³/mol. The fourth-order valence-corrected chi connectivity index (χ4v) is 0.518. The fourth-order valence-electron chi connectivity index (χ4n) is 0.518. The Labute approximate surface area is 75.2 Å². The minimum Gasteiger partial charge on any atom is -0.579 e. The van der Waals surface area contributed by atoms with Crippen LogP contribution in [0.4, 0.5) is 0 Å². The molecule has 0 fully saturated rings. The number of rotatable bonds is 0. The average molecular weight is 226 g/mol. The number of hydrogen-bond acceptors (Lipinski definition) is 1. The third-order valence-electron chi connectivity index (χ3n) is 0.783. The molecule has 10 heavy (non-hydrogen) atoms. The second kappa shape index (κ2) is 6.95. The molecule has 0 aliphatic heterocycles. The van der Waals surface area contributed by atoms with E-state index in [1.807, 2.05) is 33.8 Å². The van der Waals surface area contributed by atoms with Crippen LogP contribution in [0.1, 0.15) is 25.2 Å². The molecule has 0 saturated carbocycles. The van der Waals surface area contributed by atoms with Gasteiger partial charge in [0.05, 0.1) is 0 Å². The van der Waals surface area contributed by atoms with Crippen LogP contribution in [0.25, 0.3) is 0 Å². The zero-order valence-corrected chi connectivity index (χ0v) is 8.56. The summed E-state index contributed by atoms with van der Waals surface area (Å²) in [5.74, 6) is 0. The van der Waals surface area contributed by atoms with Crippen molar-refractivity contribution in [2.75, 3.05) is 0 Å². The molecule has 1 aromatic heterocycles. The first-order chi connectivity index (χ1) is 4.29. The van der Waals surface area contributed by atoms with Crippen LogP contribution in [-0.2, 0) is 19.5 Å². The molecule has 1 rings (SSSR count). The van der Waals surface area contributed by atoms with Crippen LogP contribution >= 0.6 is 0 Å². The van der Waals surface area contributed by atoms with Crippen molar-refractivity contribution >= 4 is 0 Å². The van der Waals surface area contributed by atoms with Crippen molar-refractivity contribution in [3.63, 3.8) is 0 Å². The van der Waals surface area contributed by atoms with E-state index in [-0.39, 0.29) is 19.5 Å². The van der Waals surface area contributed by atoms with Crippen LogP contribution in [0, 0.1) is 13.8 Å². The van der Waals surface area contributed by atoms with Gasteiger partial charge in [0.25, 0.3) is 0 Å². The van der Waals surface area contributed by atoms with E-state index in [0.29, 0.717) is 0 Å². The zero-order valence-electron chi connectivity index (χ0n) is 6.83. The molecule has 2 nitrogen and oxygen atoms in total. The monoisotopic (exact) mass is 227 g/mol. The third-order valence-corrected chi connectivity index (χ3v) is 0.783. The Morgan fingerprint density at radius 2 is 1.80 bits per heavy atom. The Morgan fingerprint density at radius 1 is 1.30 bits per heavy atom. The summed E-state index contributed by atoms with van der Waals surface area (Å²) in [4.78, 5) is 0. The van der Waals surface area contributed by atoms with Gasteiger partial charge in [-0.1, -0.05) is 26.8 Å². The SMILES string of the molecule is CC.Cc1cc(C)[n-]n1.[Ru+]. The van der Waals surface area contributed by atoms with Crippen molar-refractivity contribution in [1.29, 1.82) is 0 Å². The van der Waals surface area contributed by atoms with Crippen molar-refractivity contribution in [3.05, 3.63) is 17.5 Å². The van der Waals surface area contributed by atoms with Crippen LogP contribution in [0.2, 0.25) is 0 Å². The van der Waals surface area contributed by atoms with E-state index in [1.165, 1.54) is 0 Å². The first-order valence-electron chi connectivity index (χ1n) is 3.22. The van der Waals surface area contributed by atoms with E-state index in [9.17, 15) is 0 Å². The average Bonchev–Trinajstić information content (AvgIpc) is 2.20. The molecule has 0 unspecified atom stereocenters. The molecule has 0 spiro atoms. The number of aromatic nitrogens is 2. The predicted octanol–water partition coefficient (Wildman–Crippen LogP) is 1.68. The maximum atomic E-state index is 3.77. The smallest absolute Gasteiger partial charge is 0.579 e. The van der Waals surface area contributed by atoms with Gasteiger partial charge in [-0.05, 0) is 6.92 Å². The first kappa shape index (κ1) is 12.5. The van der Waals surface area contributed by atoms with E-state index >= 15 is 0 Å². The molecular weight excluding hydrogens is 213 g/mol. The second-order valence-electron chi connectivity index (χ2n) is 1.63. The molecule has 1 aromatic rings. The minimum atomic E-state index is 0. The minimum absolute atomic E-state index is 0. The standard InChI is InChI=1S/C5H7N2.C2H6.Ru/c1-4-3-5(2)7-6-4;1-2;/h3H,1-2H3;1-2H3;/q-1;;+1. The van der Waals surface area contributed by atoms with Gasteiger partial charge in [-0.25, -0.2) is 0 Å². The van der Waals surface area contributed by atoms with E-state index < -0.39 is 0 Å². The van der Waals surface area contributed by atoms with Gasteiger partial charge < -0.3 is 10.2 Å². The van der Waals surface area contributed by atoms with Gasteiger partial charge in [0, 0.05) is 5.69 Å². The molecule has 0 saturated heterocycles. The molecule has 59 valence electrons. The zero-order chi connectivity index (χ0) is 7.28. The molecule has 0 N–H and O–H groups in total. The van der Waals surface area contributed by atoms with Crippen LogP contribution in [0.3, 0.4) is 0 Å². The van der Waals surface area contributed by atoms with Gasteiger partial charge in [0.15, 0.2) is 0 Å². The van der Waals surface area contributed by atoms with Crippen LogP contribution < -0.4 is 5.10 Å².